The first-order valence-corrected chi connectivity index (χ1v) is 9.05. The van der Waals surface area contributed by atoms with Crippen LogP contribution >= 0.6 is 0 Å². The number of ether oxygens (including phenoxy) is 1. The molecular formula is C21H24N2O3. The summed E-state index contributed by atoms with van der Waals surface area (Å²) in [7, 11) is 0. The van der Waals surface area contributed by atoms with Crippen LogP contribution in [-0.4, -0.2) is 35.9 Å². The number of fused-ring (bicyclic) bond motifs is 1. The average Bonchev–Trinajstić information content (AvgIpc) is 2.89. The second kappa shape index (κ2) is 8.04. The highest BCUT2D eigenvalue weighted by Gasteiger charge is 2.34. The molecule has 0 bridgehead atoms. The molecule has 0 radical (unpaired) electrons. The van der Waals surface area contributed by atoms with Gasteiger partial charge >= 0.3 is 0 Å². The van der Waals surface area contributed by atoms with Gasteiger partial charge in [0.1, 0.15) is 5.75 Å². The van der Waals surface area contributed by atoms with Gasteiger partial charge in [0.25, 0.3) is 11.8 Å². The predicted octanol–water partition coefficient (Wildman–Crippen LogP) is 3.96. The maximum atomic E-state index is 12.4. The fourth-order valence-corrected chi connectivity index (χ4v) is 3.20. The number of para-hydroxylation sites is 2. The van der Waals surface area contributed by atoms with Crippen molar-refractivity contribution in [2.75, 3.05) is 18.5 Å². The summed E-state index contributed by atoms with van der Waals surface area (Å²) in [5, 5.41) is 3.45. The Bertz CT molecular complexity index is 768. The van der Waals surface area contributed by atoms with Crippen LogP contribution in [-0.2, 0) is 0 Å². The van der Waals surface area contributed by atoms with Crippen molar-refractivity contribution in [2.24, 2.45) is 0 Å². The van der Waals surface area contributed by atoms with E-state index in [1.54, 1.807) is 24.3 Å². The normalized spacial score (nSPS) is 14.3. The van der Waals surface area contributed by atoms with Gasteiger partial charge in [0.15, 0.2) is 0 Å². The second-order valence-electron chi connectivity index (χ2n) is 6.42. The largest absolute Gasteiger partial charge is 0.492 e. The third-order valence-corrected chi connectivity index (χ3v) is 4.49. The lowest BCUT2D eigenvalue weighted by Gasteiger charge is -2.19. The standard InChI is InChI=1S/C21H24N2O3/c1-3-26-19-13-7-6-12-18(19)22-15(2)9-8-14-23-20(24)16-10-4-5-11-17(16)21(23)25/h4-7,10-13,15,22H,3,8-9,14H2,1-2H3. The van der Waals surface area contributed by atoms with E-state index >= 15 is 0 Å². The summed E-state index contributed by atoms with van der Waals surface area (Å²) in [5.74, 6) is 0.461. The molecule has 136 valence electrons. The Kier molecular flexibility index (Phi) is 5.56. The third-order valence-electron chi connectivity index (χ3n) is 4.49. The molecule has 1 aliphatic heterocycles. The molecule has 1 aliphatic rings. The number of hydrogen-bond donors (Lipinski definition) is 1. The number of carbonyl (C=O) groups is 2. The predicted molar refractivity (Wildman–Crippen MR) is 102 cm³/mol. The molecule has 1 unspecified atom stereocenters. The van der Waals surface area contributed by atoms with E-state index in [0.29, 0.717) is 24.3 Å². The zero-order valence-corrected chi connectivity index (χ0v) is 15.2. The molecule has 1 N–H and O–H groups in total. The van der Waals surface area contributed by atoms with E-state index in [9.17, 15) is 9.59 Å². The lowest BCUT2D eigenvalue weighted by atomic mass is 10.1. The molecule has 2 aromatic carbocycles. The highest BCUT2D eigenvalue weighted by atomic mass is 16.5. The molecular weight excluding hydrogens is 328 g/mol. The molecule has 26 heavy (non-hydrogen) atoms. The zero-order valence-electron chi connectivity index (χ0n) is 15.2. The van der Waals surface area contributed by atoms with Gasteiger partial charge in [-0.15, -0.1) is 0 Å². The summed E-state index contributed by atoms with van der Waals surface area (Å²) < 4.78 is 5.63. The van der Waals surface area contributed by atoms with Crippen LogP contribution in [0, 0.1) is 0 Å². The lowest BCUT2D eigenvalue weighted by molar-refractivity contribution is 0.0651. The molecule has 2 aromatic rings. The molecule has 2 amide bonds. The summed E-state index contributed by atoms with van der Waals surface area (Å²) in [6.07, 6.45) is 1.59. The Morgan fingerprint density at radius 3 is 2.27 bits per heavy atom. The Labute approximate surface area is 154 Å². The minimum absolute atomic E-state index is 0.187. The minimum atomic E-state index is -0.187. The summed E-state index contributed by atoms with van der Waals surface area (Å²) in [6, 6.07) is 15.0. The van der Waals surface area contributed by atoms with Crippen molar-refractivity contribution in [2.45, 2.75) is 32.7 Å². The number of carbonyl (C=O) groups excluding carboxylic acids is 2. The van der Waals surface area contributed by atoms with Crippen molar-refractivity contribution in [3.8, 4) is 5.75 Å². The number of hydrogen-bond acceptors (Lipinski definition) is 4. The van der Waals surface area contributed by atoms with Crippen LogP contribution in [0.25, 0.3) is 0 Å². The molecule has 3 rings (SSSR count). The summed E-state index contributed by atoms with van der Waals surface area (Å²) >= 11 is 0. The molecule has 5 nitrogen and oxygen atoms in total. The zero-order chi connectivity index (χ0) is 18.5. The van der Waals surface area contributed by atoms with E-state index < -0.39 is 0 Å². The Morgan fingerprint density at radius 1 is 1.00 bits per heavy atom. The van der Waals surface area contributed by atoms with Gasteiger partial charge in [0.05, 0.1) is 23.4 Å². The number of benzene rings is 2. The molecule has 0 aliphatic carbocycles. The first-order chi connectivity index (χ1) is 12.6. The van der Waals surface area contributed by atoms with Gasteiger partial charge in [-0.2, -0.15) is 0 Å². The molecule has 0 aromatic heterocycles. The quantitative estimate of drug-likeness (QED) is 0.731. The number of amides is 2. The van der Waals surface area contributed by atoms with Crippen LogP contribution in [0.4, 0.5) is 5.69 Å². The van der Waals surface area contributed by atoms with Gasteiger partial charge in [0.2, 0.25) is 0 Å². The molecule has 0 fully saturated rings. The van der Waals surface area contributed by atoms with Gasteiger partial charge in [-0.3, -0.25) is 14.5 Å². The van der Waals surface area contributed by atoms with Gasteiger partial charge < -0.3 is 10.1 Å². The average molecular weight is 352 g/mol. The number of imide groups is 1. The van der Waals surface area contributed by atoms with Crippen LogP contribution in [0.2, 0.25) is 0 Å². The summed E-state index contributed by atoms with van der Waals surface area (Å²) in [4.78, 5) is 26.1. The number of rotatable bonds is 8. The molecule has 0 saturated carbocycles. The van der Waals surface area contributed by atoms with Crippen LogP contribution in [0.1, 0.15) is 47.4 Å². The fourth-order valence-electron chi connectivity index (χ4n) is 3.20. The molecule has 1 heterocycles. The summed E-state index contributed by atoms with van der Waals surface area (Å²) in [5.41, 5.74) is 1.98. The number of anilines is 1. The van der Waals surface area contributed by atoms with E-state index in [2.05, 4.69) is 12.2 Å². The smallest absolute Gasteiger partial charge is 0.261 e. The van der Waals surface area contributed by atoms with E-state index in [1.165, 1.54) is 4.90 Å². The van der Waals surface area contributed by atoms with E-state index in [4.69, 9.17) is 4.74 Å². The van der Waals surface area contributed by atoms with Crippen LogP contribution in [0.3, 0.4) is 0 Å². The first-order valence-electron chi connectivity index (χ1n) is 9.05. The second-order valence-corrected chi connectivity index (χ2v) is 6.42. The van der Waals surface area contributed by atoms with Crippen LogP contribution < -0.4 is 10.1 Å². The topological polar surface area (TPSA) is 58.6 Å². The van der Waals surface area contributed by atoms with Crippen molar-refractivity contribution in [3.05, 3.63) is 59.7 Å². The highest BCUT2D eigenvalue weighted by molar-refractivity contribution is 6.21. The Hall–Kier alpha value is -2.82. The van der Waals surface area contributed by atoms with Crippen LogP contribution in [0.15, 0.2) is 48.5 Å². The van der Waals surface area contributed by atoms with Gasteiger partial charge in [-0.1, -0.05) is 24.3 Å². The first kappa shape index (κ1) is 18.0. The van der Waals surface area contributed by atoms with Crippen molar-refractivity contribution >= 4 is 17.5 Å². The fraction of sp³-hybridized carbons (Fsp3) is 0.333. The SMILES string of the molecule is CCOc1ccccc1NC(C)CCCN1C(=O)c2ccccc2C1=O. The number of nitrogens with zero attached hydrogens (tertiary/aromatic N) is 1. The Balaban J connectivity index is 1.53. The Morgan fingerprint density at radius 2 is 1.62 bits per heavy atom. The van der Waals surface area contributed by atoms with Crippen molar-refractivity contribution in [1.29, 1.82) is 0 Å². The van der Waals surface area contributed by atoms with E-state index in [-0.39, 0.29) is 17.9 Å². The molecule has 1 atom stereocenters. The van der Waals surface area contributed by atoms with Crippen molar-refractivity contribution < 1.29 is 14.3 Å². The molecule has 0 saturated heterocycles. The van der Waals surface area contributed by atoms with Crippen LogP contribution in [0.5, 0.6) is 5.75 Å². The molecule has 5 heteroatoms. The molecule has 0 spiro atoms. The van der Waals surface area contributed by atoms with Gasteiger partial charge in [-0.25, -0.2) is 0 Å². The van der Waals surface area contributed by atoms with E-state index in [0.717, 1.165) is 24.3 Å². The third kappa shape index (κ3) is 3.72. The van der Waals surface area contributed by atoms with E-state index in [1.807, 2.05) is 31.2 Å². The van der Waals surface area contributed by atoms with Gasteiger partial charge in [-0.05, 0) is 51.0 Å². The maximum Gasteiger partial charge on any atom is 0.261 e. The monoisotopic (exact) mass is 352 g/mol. The van der Waals surface area contributed by atoms with Gasteiger partial charge in [0, 0.05) is 12.6 Å². The summed E-state index contributed by atoms with van der Waals surface area (Å²) in [6.45, 7) is 5.10. The highest BCUT2D eigenvalue weighted by Crippen LogP contribution is 2.26. The minimum Gasteiger partial charge on any atom is -0.492 e. The van der Waals surface area contributed by atoms with Crippen molar-refractivity contribution in [3.63, 3.8) is 0 Å². The van der Waals surface area contributed by atoms with Crippen molar-refractivity contribution in [1.82, 2.24) is 4.90 Å². The lowest BCUT2D eigenvalue weighted by Crippen LogP contribution is -2.31. The number of nitrogens with one attached hydrogen (secondary N) is 1. The maximum absolute atomic E-state index is 12.4.